The van der Waals surface area contributed by atoms with Crippen LogP contribution in [0.2, 0.25) is 0 Å². The molecule has 2 rings (SSSR count). The normalized spacial score (nSPS) is 10.5. The quantitative estimate of drug-likeness (QED) is 0.859. The van der Waals surface area contributed by atoms with E-state index in [2.05, 4.69) is 5.32 Å². The summed E-state index contributed by atoms with van der Waals surface area (Å²) >= 11 is 1.41. The third-order valence-corrected chi connectivity index (χ3v) is 4.51. The monoisotopic (exact) mass is 320 g/mol. The van der Waals surface area contributed by atoms with Crippen LogP contribution in [-0.2, 0) is 18.2 Å². The van der Waals surface area contributed by atoms with E-state index in [1.54, 1.807) is 36.9 Å². The smallest absolute Gasteiger partial charge is 0.341 e. The molecule has 2 aromatic rings. The van der Waals surface area contributed by atoms with Gasteiger partial charge in [-0.3, -0.25) is 4.79 Å². The molecule has 6 heteroatoms. The standard InChI is InChI=1S/C16H20N2O3S/c1-5-11-10(3)22-15(13(11)16(20)21-6-2)17-14(19)12-8-7-9-18(12)4/h7-9H,5-6H2,1-4H3,(H,17,19). The average molecular weight is 320 g/mol. The van der Waals surface area contributed by atoms with Gasteiger partial charge < -0.3 is 14.6 Å². The summed E-state index contributed by atoms with van der Waals surface area (Å²) in [5.74, 6) is -0.618. The van der Waals surface area contributed by atoms with Crippen molar-refractivity contribution in [2.45, 2.75) is 27.2 Å². The van der Waals surface area contributed by atoms with Crippen molar-refractivity contribution >= 4 is 28.2 Å². The Labute approximate surface area is 133 Å². The van der Waals surface area contributed by atoms with Crippen LogP contribution in [0.3, 0.4) is 0 Å². The molecular formula is C16H20N2O3S. The Morgan fingerprint density at radius 1 is 1.36 bits per heavy atom. The van der Waals surface area contributed by atoms with E-state index in [9.17, 15) is 9.59 Å². The molecule has 118 valence electrons. The number of amides is 1. The van der Waals surface area contributed by atoms with Gasteiger partial charge in [-0.2, -0.15) is 0 Å². The molecule has 0 aliphatic heterocycles. The molecule has 0 aliphatic carbocycles. The largest absolute Gasteiger partial charge is 0.462 e. The summed E-state index contributed by atoms with van der Waals surface area (Å²) in [4.78, 5) is 25.6. The number of hydrogen-bond acceptors (Lipinski definition) is 4. The summed E-state index contributed by atoms with van der Waals surface area (Å²) < 4.78 is 6.87. The van der Waals surface area contributed by atoms with Gasteiger partial charge >= 0.3 is 5.97 Å². The number of carbonyl (C=O) groups is 2. The molecule has 2 heterocycles. The number of aromatic nitrogens is 1. The first kappa shape index (κ1) is 16.3. The van der Waals surface area contributed by atoms with Gasteiger partial charge in [0, 0.05) is 18.1 Å². The van der Waals surface area contributed by atoms with Crippen LogP contribution in [0, 0.1) is 6.92 Å². The predicted molar refractivity (Wildman–Crippen MR) is 87.8 cm³/mol. The SMILES string of the molecule is CCOC(=O)c1c(NC(=O)c2cccn2C)sc(C)c1CC. The molecular weight excluding hydrogens is 300 g/mol. The molecule has 1 amide bonds. The molecule has 0 unspecified atom stereocenters. The number of nitrogens with one attached hydrogen (secondary N) is 1. The summed E-state index contributed by atoms with van der Waals surface area (Å²) in [6, 6.07) is 3.54. The Morgan fingerprint density at radius 3 is 2.64 bits per heavy atom. The van der Waals surface area contributed by atoms with Crippen molar-refractivity contribution in [3.8, 4) is 0 Å². The van der Waals surface area contributed by atoms with Gasteiger partial charge in [0.2, 0.25) is 0 Å². The molecule has 0 atom stereocenters. The predicted octanol–water partition coefficient (Wildman–Crippen LogP) is 3.39. The molecule has 1 N–H and O–H groups in total. The average Bonchev–Trinajstić information content (AvgIpc) is 3.02. The third-order valence-electron chi connectivity index (χ3n) is 3.45. The van der Waals surface area contributed by atoms with Gasteiger partial charge in [0.15, 0.2) is 0 Å². The summed E-state index contributed by atoms with van der Waals surface area (Å²) in [5, 5.41) is 3.40. The van der Waals surface area contributed by atoms with Crippen molar-refractivity contribution in [1.82, 2.24) is 4.57 Å². The first-order valence-corrected chi connectivity index (χ1v) is 8.03. The van der Waals surface area contributed by atoms with Gasteiger partial charge in [0.05, 0.1) is 12.2 Å². The number of carbonyl (C=O) groups excluding carboxylic acids is 2. The van der Waals surface area contributed by atoms with Crippen LogP contribution in [-0.4, -0.2) is 23.1 Å². The van der Waals surface area contributed by atoms with Crippen molar-refractivity contribution in [1.29, 1.82) is 0 Å². The maximum absolute atomic E-state index is 12.4. The lowest BCUT2D eigenvalue weighted by Gasteiger charge is -2.08. The summed E-state index contributed by atoms with van der Waals surface area (Å²) in [6.07, 6.45) is 2.52. The number of ether oxygens (including phenoxy) is 1. The van der Waals surface area contributed by atoms with E-state index >= 15 is 0 Å². The van der Waals surface area contributed by atoms with Crippen molar-refractivity contribution in [3.63, 3.8) is 0 Å². The molecule has 0 aromatic carbocycles. The molecule has 0 saturated heterocycles. The van der Waals surface area contributed by atoms with Crippen molar-refractivity contribution in [2.24, 2.45) is 7.05 Å². The van der Waals surface area contributed by atoms with Crippen LogP contribution in [0.15, 0.2) is 18.3 Å². The highest BCUT2D eigenvalue weighted by Gasteiger charge is 2.24. The number of aryl methyl sites for hydroxylation is 2. The van der Waals surface area contributed by atoms with Crippen LogP contribution in [0.5, 0.6) is 0 Å². The molecule has 0 radical (unpaired) electrons. The lowest BCUT2D eigenvalue weighted by molar-refractivity contribution is 0.0527. The molecule has 0 spiro atoms. The van der Waals surface area contributed by atoms with Gasteiger partial charge in [0.1, 0.15) is 10.7 Å². The molecule has 0 bridgehead atoms. The number of thiophene rings is 1. The second-order valence-corrected chi connectivity index (χ2v) is 6.10. The Balaban J connectivity index is 2.36. The Hall–Kier alpha value is -2.08. The number of anilines is 1. The Bertz CT molecular complexity index is 700. The fourth-order valence-corrected chi connectivity index (χ4v) is 3.50. The van der Waals surface area contributed by atoms with Gasteiger partial charge in [-0.15, -0.1) is 11.3 Å². The van der Waals surface area contributed by atoms with E-state index in [0.29, 0.717) is 22.9 Å². The molecule has 0 saturated carbocycles. The number of rotatable bonds is 5. The van der Waals surface area contributed by atoms with Gasteiger partial charge in [0.25, 0.3) is 5.91 Å². The second-order valence-electron chi connectivity index (χ2n) is 4.87. The molecule has 5 nitrogen and oxygen atoms in total. The zero-order valence-corrected chi connectivity index (χ0v) is 14.0. The topological polar surface area (TPSA) is 60.3 Å². The number of esters is 1. The number of nitrogens with zero attached hydrogens (tertiary/aromatic N) is 1. The maximum Gasteiger partial charge on any atom is 0.341 e. The molecule has 0 fully saturated rings. The zero-order valence-electron chi connectivity index (χ0n) is 13.2. The van der Waals surface area contributed by atoms with Crippen LogP contribution in [0.25, 0.3) is 0 Å². The summed E-state index contributed by atoms with van der Waals surface area (Å²) in [6.45, 7) is 6.01. The van der Waals surface area contributed by atoms with Crippen LogP contribution >= 0.6 is 11.3 Å². The second kappa shape index (κ2) is 6.79. The van der Waals surface area contributed by atoms with Crippen molar-refractivity contribution < 1.29 is 14.3 Å². The van der Waals surface area contributed by atoms with Gasteiger partial charge in [-0.1, -0.05) is 6.92 Å². The highest BCUT2D eigenvalue weighted by atomic mass is 32.1. The summed E-state index contributed by atoms with van der Waals surface area (Å²) in [7, 11) is 1.80. The van der Waals surface area contributed by atoms with Crippen molar-refractivity contribution in [2.75, 3.05) is 11.9 Å². The van der Waals surface area contributed by atoms with E-state index in [4.69, 9.17) is 4.74 Å². The fraction of sp³-hybridized carbons (Fsp3) is 0.375. The maximum atomic E-state index is 12.4. The van der Waals surface area contributed by atoms with Crippen molar-refractivity contribution in [3.05, 3.63) is 40.0 Å². The third kappa shape index (κ3) is 3.06. The van der Waals surface area contributed by atoms with E-state index in [1.807, 2.05) is 13.8 Å². The van der Waals surface area contributed by atoms with E-state index in [1.165, 1.54) is 11.3 Å². The number of hydrogen-bond donors (Lipinski definition) is 1. The summed E-state index contributed by atoms with van der Waals surface area (Å²) in [5.41, 5.74) is 1.96. The van der Waals surface area contributed by atoms with E-state index in [0.717, 1.165) is 16.9 Å². The van der Waals surface area contributed by atoms with Crippen LogP contribution in [0.1, 0.15) is 45.1 Å². The molecule has 0 aliphatic rings. The minimum atomic E-state index is -0.383. The zero-order chi connectivity index (χ0) is 16.3. The lowest BCUT2D eigenvalue weighted by Crippen LogP contribution is -2.17. The van der Waals surface area contributed by atoms with Crippen LogP contribution in [0.4, 0.5) is 5.00 Å². The van der Waals surface area contributed by atoms with Gasteiger partial charge in [-0.05, 0) is 38.0 Å². The minimum Gasteiger partial charge on any atom is -0.462 e. The molecule has 22 heavy (non-hydrogen) atoms. The van der Waals surface area contributed by atoms with E-state index in [-0.39, 0.29) is 11.9 Å². The Morgan fingerprint density at radius 2 is 2.09 bits per heavy atom. The minimum absolute atomic E-state index is 0.234. The molecule has 2 aromatic heterocycles. The van der Waals surface area contributed by atoms with Gasteiger partial charge in [-0.25, -0.2) is 4.79 Å². The highest BCUT2D eigenvalue weighted by molar-refractivity contribution is 7.16. The Kier molecular flexibility index (Phi) is 5.03. The first-order valence-electron chi connectivity index (χ1n) is 7.21. The lowest BCUT2D eigenvalue weighted by atomic mass is 10.1. The van der Waals surface area contributed by atoms with E-state index < -0.39 is 0 Å². The highest BCUT2D eigenvalue weighted by Crippen LogP contribution is 2.34. The van der Waals surface area contributed by atoms with Crippen LogP contribution < -0.4 is 5.32 Å². The first-order chi connectivity index (χ1) is 10.5. The fourth-order valence-electron chi connectivity index (χ4n) is 2.38.